The van der Waals surface area contributed by atoms with Gasteiger partial charge in [0.05, 0.1) is 0 Å². The molecule has 0 unspecified atom stereocenters. The van der Waals surface area contributed by atoms with E-state index in [1.807, 2.05) is 72.8 Å². The number of carboxylic acid groups (broad SMARTS) is 1. The molecule has 4 aromatic rings. The number of carbonyl (C=O) groups excluding carboxylic acids is 2. The monoisotopic (exact) mass is 591 g/mol. The van der Waals surface area contributed by atoms with Crippen LogP contribution in [0, 0.1) is 0 Å². The summed E-state index contributed by atoms with van der Waals surface area (Å²) in [6, 6.07) is 34.1. The van der Waals surface area contributed by atoms with Crippen molar-refractivity contribution in [2.75, 3.05) is 10.6 Å². The highest BCUT2D eigenvalue weighted by molar-refractivity contribution is 6.05. The second kappa shape index (κ2) is 13.2. The number of benzene rings is 4. The highest BCUT2D eigenvalue weighted by Crippen LogP contribution is 2.56. The van der Waals surface area contributed by atoms with Crippen molar-refractivity contribution < 1.29 is 37.4 Å². The molecule has 4 aromatic carbocycles. The summed E-state index contributed by atoms with van der Waals surface area (Å²) in [6.45, 7) is 0.167. The molecule has 0 aliphatic heterocycles. The lowest BCUT2D eigenvalue weighted by molar-refractivity contribution is -0.192. The first-order chi connectivity index (χ1) is 20.5. The molecule has 1 fully saturated rings. The van der Waals surface area contributed by atoms with Crippen molar-refractivity contribution in [3.05, 3.63) is 131 Å². The fourth-order valence-electron chi connectivity index (χ4n) is 4.38. The summed E-state index contributed by atoms with van der Waals surface area (Å²) in [5.74, 6) is -2.77. The molecule has 1 aliphatic carbocycles. The van der Waals surface area contributed by atoms with Gasteiger partial charge in [0.15, 0.2) is 0 Å². The number of halogens is 3. The Bertz CT molecular complexity index is 1560. The van der Waals surface area contributed by atoms with Gasteiger partial charge < -0.3 is 20.9 Å². The topological polar surface area (TPSA) is 131 Å². The lowest BCUT2D eigenvalue weighted by atomic mass is 9.99. The average Bonchev–Trinajstić information content (AvgIpc) is 3.70. The van der Waals surface area contributed by atoms with Crippen LogP contribution in [0.25, 0.3) is 0 Å². The van der Waals surface area contributed by atoms with Gasteiger partial charge in [-0.3, -0.25) is 10.1 Å². The Labute approximate surface area is 245 Å². The van der Waals surface area contributed by atoms with Crippen molar-refractivity contribution in [3.8, 4) is 0 Å². The Morgan fingerprint density at radius 2 is 1.44 bits per heavy atom. The van der Waals surface area contributed by atoms with Crippen LogP contribution >= 0.6 is 0 Å². The van der Waals surface area contributed by atoms with E-state index < -0.39 is 18.2 Å². The summed E-state index contributed by atoms with van der Waals surface area (Å²) in [7, 11) is 0. The van der Waals surface area contributed by atoms with Crippen LogP contribution in [0.2, 0.25) is 0 Å². The normalized spacial score (nSPS) is 17.1. The number of carboxylic acids is 1. The van der Waals surface area contributed by atoms with Crippen molar-refractivity contribution in [3.63, 3.8) is 0 Å². The fraction of sp³-hybridized carbons (Fsp3) is 0.156. The Kier molecular flexibility index (Phi) is 9.46. The predicted octanol–water partition coefficient (Wildman–Crippen LogP) is 6.66. The van der Waals surface area contributed by atoms with Gasteiger partial charge in [-0.1, -0.05) is 78.9 Å². The standard InChI is InChI=1S/C30H27N3O3.C2HF3O2/c31-30(24-11-5-2-6-12-24)19-27(30)22-14-16-25(17-15-22)32-28(34)23-10-7-13-26(18-23)33-29(35)36-20-21-8-3-1-4-9-21;3-2(4,5)1(6)7/h1-18,27H,19-20,31H2,(H,32,34)(H,33,35);(H,6,7)/t27-,30+;/m0./s1. The second-order valence-electron chi connectivity index (χ2n) is 9.81. The van der Waals surface area contributed by atoms with Crippen LogP contribution in [0.4, 0.5) is 29.3 Å². The zero-order valence-corrected chi connectivity index (χ0v) is 22.7. The van der Waals surface area contributed by atoms with E-state index in [0.717, 1.165) is 23.1 Å². The van der Waals surface area contributed by atoms with Crippen LogP contribution in [0.5, 0.6) is 0 Å². The Balaban J connectivity index is 0.000000541. The molecule has 5 rings (SSSR count). The molecule has 11 heteroatoms. The molecule has 2 amide bonds. The van der Waals surface area contributed by atoms with E-state index in [1.165, 1.54) is 0 Å². The van der Waals surface area contributed by atoms with Crippen molar-refractivity contribution in [1.29, 1.82) is 0 Å². The summed E-state index contributed by atoms with van der Waals surface area (Å²) in [6.07, 6.45) is -4.77. The number of anilines is 2. The molecule has 43 heavy (non-hydrogen) atoms. The minimum atomic E-state index is -5.08. The average molecular weight is 592 g/mol. The largest absolute Gasteiger partial charge is 0.490 e. The fourth-order valence-corrected chi connectivity index (χ4v) is 4.38. The van der Waals surface area contributed by atoms with E-state index in [9.17, 15) is 22.8 Å². The molecule has 1 aliphatic rings. The number of nitrogens with two attached hydrogens (primary N) is 1. The third-order valence-corrected chi connectivity index (χ3v) is 6.71. The molecule has 0 spiro atoms. The van der Waals surface area contributed by atoms with Crippen molar-refractivity contribution in [1.82, 2.24) is 0 Å². The molecular formula is C32H28F3N3O5. The van der Waals surface area contributed by atoms with Crippen LogP contribution in [0.1, 0.15) is 39.4 Å². The number of nitrogens with one attached hydrogen (secondary N) is 2. The van der Waals surface area contributed by atoms with E-state index >= 15 is 0 Å². The highest BCUT2D eigenvalue weighted by Gasteiger charge is 2.52. The maximum Gasteiger partial charge on any atom is 0.490 e. The Morgan fingerprint density at radius 3 is 2.05 bits per heavy atom. The number of carbonyl (C=O) groups is 3. The summed E-state index contributed by atoms with van der Waals surface area (Å²) in [4.78, 5) is 33.8. The predicted molar refractivity (Wildman–Crippen MR) is 154 cm³/mol. The van der Waals surface area contributed by atoms with E-state index in [4.69, 9.17) is 20.4 Å². The number of rotatable bonds is 7. The Hall–Kier alpha value is -5.16. The number of hydrogen-bond acceptors (Lipinski definition) is 5. The van der Waals surface area contributed by atoms with Gasteiger partial charge >= 0.3 is 18.2 Å². The highest BCUT2D eigenvalue weighted by atomic mass is 19.4. The summed E-state index contributed by atoms with van der Waals surface area (Å²) < 4.78 is 37.0. The zero-order chi connectivity index (χ0) is 31.0. The molecule has 0 aromatic heterocycles. The van der Waals surface area contributed by atoms with Crippen molar-refractivity contribution in [2.24, 2.45) is 5.73 Å². The number of alkyl halides is 3. The lowest BCUT2D eigenvalue weighted by Crippen LogP contribution is -2.21. The van der Waals surface area contributed by atoms with E-state index in [0.29, 0.717) is 16.9 Å². The maximum absolute atomic E-state index is 12.8. The van der Waals surface area contributed by atoms with Crippen LogP contribution in [-0.4, -0.2) is 29.3 Å². The molecule has 8 nitrogen and oxygen atoms in total. The maximum atomic E-state index is 12.8. The van der Waals surface area contributed by atoms with Crippen LogP contribution in [-0.2, 0) is 21.7 Å². The van der Waals surface area contributed by atoms with Crippen molar-refractivity contribution >= 4 is 29.3 Å². The summed E-state index contributed by atoms with van der Waals surface area (Å²) in [5.41, 5.74) is 11.1. The van der Waals surface area contributed by atoms with Gasteiger partial charge in [-0.2, -0.15) is 13.2 Å². The molecule has 2 atom stereocenters. The van der Waals surface area contributed by atoms with Gasteiger partial charge in [0.1, 0.15) is 6.61 Å². The SMILES string of the molecule is N[C@@]1(c2ccccc2)C[C@H]1c1ccc(NC(=O)c2cccc(NC(=O)OCc3ccccc3)c2)cc1.O=C(O)C(F)(F)F. The zero-order valence-electron chi connectivity index (χ0n) is 22.7. The van der Waals surface area contributed by atoms with E-state index in [2.05, 4.69) is 22.8 Å². The first-order valence-corrected chi connectivity index (χ1v) is 13.1. The van der Waals surface area contributed by atoms with Crippen LogP contribution in [0.3, 0.4) is 0 Å². The van der Waals surface area contributed by atoms with E-state index in [1.54, 1.807) is 24.3 Å². The minimum absolute atomic E-state index is 0.167. The molecule has 0 bridgehead atoms. The lowest BCUT2D eigenvalue weighted by Gasteiger charge is -2.13. The smallest absolute Gasteiger partial charge is 0.475 e. The molecule has 0 radical (unpaired) electrons. The minimum Gasteiger partial charge on any atom is -0.475 e. The van der Waals surface area contributed by atoms with E-state index in [-0.39, 0.29) is 24.0 Å². The summed E-state index contributed by atoms with van der Waals surface area (Å²) >= 11 is 0. The van der Waals surface area contributed by atoms with Gasteiger partial charge in [-0.05, 0) is 53.4 Å². The van der Waals surface area contributed by atoms with Crippen molar-refractivity contribution in [2.45, 2.75) is 30.7 Å². The number of ether oxygens (including phenoxy) is 1. The molecule has 222 valence electrons. The van der Waals surface area contributed by atoms with Crippen LogP contribution < -0.4 is 16.4 Å². The summed E-state index contributed by atoms with van der Waals surface area (Å²) in [5, 5.41) is 12.7. The van der Waals surface area contributed by atoms with Gasteiger partial charge in [0.2, 0.25) is 0 Å². The molecule has 0 saturated heterocycles. The first kappa shape index (κ1) is 30.8. The third-order valence-electron chi connectivity index (χ3n) is 6.71. The Morgan fingerprint density at radius 1 is 0.837 bits per heavy atom. The number of hydrogen-bond donors (Lipinski definition) is 4. The number of amides is 2. The van der Waals surface area contributed by atoms with Crippen LogP contribution in [0.15, 0.2) is 109 Å². The molecular weight excluding hydrogens is 563 g/mol. The van der Waals surface area contributed by atoms with Gasteiger partial charge in [0.25, 0.3) is 5.91 Å². The molecule has 5 N–H and O–H groups in total. The number of aliphatic carboxylic acids is 1. The first-order valence-electron chi connectivity index (χ1n) is 13.1. The molecule has 1 saturated carbocycles. The van der Waals surface area contributed by atoms with Gasteiger partial charge in [0, 0.05) is 28.4 Å². The third kappa shape index (κ3) is 8.43. The van der Waals surface area contributed by atoms with Gasteiger partial charge in [-0.15, -0.1) is 0 Å². The second-order valence-corrected chi connectivity index (χ2v) is 9.81. The molecule has 0 heterocycles. The quantitative estimate of drug-likeness (QED) is 0.190. The van der Waals surface area contributed by atoms with Gasteiger partial charge in [-0.25, -0.2) is 9.59 Å².